The zero-order valence-electron chi connectivity index (χ0n) is 30.7. The summed E-state index contributed by atoms with van der Waals surface area (Å²) in [4.78, 5) is 65.6. The molecule has 0 saturated heterocycles. The van der Waals surface area contributed by atoms with Crippen molar-refractivity contribution in [1.29, 1.82) is 0 Å². The Labute approximate surface area is 304 Å². The summed E-state index contributed by atoms with van der Waals surface area (Å²) in [5.74, 6) is -0.466. The van der Waals surface area contributed by atoms with Crippen LogP contribution in [0.25, 0.3) is 22.2 Å². The number of amides is 3. The van der Waals surface area contributed by atoms with Crippen LogP contribution in [0.3, 0.4) is 0 Å². The summed E-state index contributed by atoms with van der Waals surface area (Å²) in [6.07, 6.45) is 4.98. The van der Waals surface area contributed by atoms with E-state index in [2.05, 4.69) is 25.2 Å². The van der Waals surface area contributed by atoms with Gasteiger partial charge in [0.1, 0.15) is 11.6 Å². The number of alkyl carbamates (subject to hydrolysis) is 1. The number of nitrogens with zero attached hydrogens (tertiary/aromatic N) is 3. The van der Waals surface area contributed by atoms with Gasteiger partial charge >= 0.3 is 11.8 Å². The fourth-order valence-electron chi connectivity index (χ4n) is 6.60. The summed E-state index contributed by atoms with van der Waals surface area (Å²) >= 11 is 0. The average Bonchev–Trinajstić information content (AvgIpc) is 3.48. The smallest absolute Gasteiger partial charge is 0.407 e. The second-order valence-corrected chi connectivity index (χ2v) is 14.8. The maximum Gasteiger partial charge on any atom is 0.407 e. The molecule has 3 amide bonds. The van der Waals surface area contributed by atoms with Gasteiger partial charge in [0, 0.05) is 48.9 Å². The van der Waals surface area contributed by atoms with Crippen molar-refractivity contribution in [3.05, 3.63) is 76.8 Å². The number of nitrogens with two attached hydrogens (primary N) is 1. The van der Waals surface area contributed by atoms with E-state index < -0.39 is 23.6 Å². The largest absolute Gasteiger partial charge is 0.478 e. The van der Waals surface area contributed by atoms with Gasteiger partial charge in [-0.1, -0.05) is 24.3 Å². The summed E-state index contributed by atoms with van der Waals surface area (Å²) in [6, 6.07) is 15.7. The molecule has 2 heterocycles. The average molecular weight is 714 g/mol. The van der Waals surface area contributed by atoms with E-state index in [1.54, 1.807) is 24.4 Å². The Hall–Kier alpha value is -5.17. The van der Waals surface area contributed by atoms with Gasteiger partial charge in [-0.2, -0.15) is 0 Å². The standard InChI is InChI=1S/C39H51N7O6/c1-39(2,3)52-38(50)42-23-25-10-12-27(13-11-25)36(48)46(30-15-16-31-32(22-30)44-37(49)43-31)33(35(40)47)21-26-8-6-9-28(20-26)29-14-17-34(41-24-29)51-19-7-18-45(4)5/h6,8-9,14-17,20,22,24-25,27,33H,7,10-13,18-19,21,23H2,1-5H3,(H2,40,47)(H,42,50)(H2,43,44,49)/t25?,27?,33-/m0/s1. The van der Waals surface area contributed by atoms with Crippen LogP contribution >= 0.6 is 0 Å². The zero-order chi connectivity index (χ0) is 37.4. The maximum atomic E-state index is 14.5. The molecule has 4 aromatic rings. The van der Waals surface area contributed by atoms with E-state index in [1.807, 2.05) is 71.3 Å². The van der Waals surface area contributed by atoms with E-state index in [9.17, 15) is 19.2 Å². The molecule has 5 rings (SSSR count). The van der Waals surface area contributed by atoms with Gasteiger partial charge in [0.15, 0.2) is 0 Å². The highest BCUT2D eigenvalue weighted by atomic mass is 16.6. The first-order valence-electron chi connectivity index (χ1n) is 17.9. The molecule has 13 heteroatoms. The molecule has 0 unspecified atom stereocenters. The first-order valence-corrected chi connectivity index (χ1v) is 17.9. The number of primary amides is 1. The molecule has 52 heavy (non-hydrogen) atoms. The Bertz CT molecular complexity index is 1890. The van der Waals surface area contributed by atoms with E-state index in [-0.39, 0.29) is 29.9 Å². The number of imidazole rings is 1. The third-order valence-electron chi connectivity index (χ3n) is 9.21. The minimum Gasteiger partial charge on any atom is -0.478 e. The molecular weight excluding hydrogens is 662 g/mol. The highest BCUT2D eigenvalue weighted by Crippen LogP contribution is 2.33. The number of benzene rings is 2. The number of carbonyl (C=O) groups is 3. The molecule has 5 N–H and O–H groups in total. The SMILES string of the molecule is CN(C)CCCOc1ccc(-c2cccc(C[C@@H](C(N)=O)N(C(=O)C3CCC(CNC(=O)OC(C)(C)C)CC3)c3ccc4[nH]c(=O)[nH]c4c3)c2)cn1. The van der Waals surface area contributed by atoms with Gasteiger partial charge in [0.25, 0.3) is 0 Å². The fourth-order valence-corrected chi connectivity index (χ4v) is 6.60. The third kappa shape index (κ3) is 10.4. The molecule has 1 fully saturated rings. The number of nitrogens with one attached hydrogen (secondary N) is 3. The van der Waals surface area contributed by atoms with Crippen LogP contribution in [0.4, 0.5) is 10.5 Å². The molecule has 0 radical (unpaired) electrons. The summed E-state index contributed by atoms with van der Waals surface area (Å²) in [7, 11) is 4.05. The lowest BCUT2D eigenvalue weighted by Gasteiger charge is -2.36. The molecule has 2 aromatic carbocycles. The van der Waals surface area contributed by atoms with Gasteiger partial charge in [-0.05, 0) is 108 Å². The molecule has 1 aliphatic rings. The van der Waals surface area contributed by atoms with Gasteiger partial charge in [-0.25, -0.2) is 14.6 Å². The molecule has 13 nitrogen and oxygen atoms in total. The fraction of sp³-hybridized carbons (Fsp3) is 0.462. The monoisotopic (exact) mass is 713 g/mol. The van der Waals surface area contributed by atoms with Gasteiger partial charge in [-0.3, -0.25) is 14.5 Å². The molecule has 0 spiro atoms. The molecular formula is C39H51N7O6. The van der Waals surface area contributed by atoms with Crippen LogP contribution in [0.15, 0.2) is 65.6 Å². The maximum absolute atomic E-state index is 14.5. The topological polar surface area (TPSA) is 176 Å². The predicted octanol–water partition coefficient (Wildman–Crippen LogP) is 5.01. The number of H-pyrrole nitrogens is 2. The van der Waals surface area contributed by atoms with Crippen molar-refractivity contribution in [3.8, 4) is 17.0 Å². The lowest BCUT2D eigenvalue weighted by molar-refractivity contribution is -0.127. The van der Waals surface area contributed by atoms with Crippen molar-refractivity contribution < 1.29 is 23.9 Å². The van der Waals surface area contributed by atoms with Crippen LogP contribution in [0, 0.1) is 11.8 Å². The number of hydrogen-bond acceptors (Lipinski definition) is 8. The van der Waals surface area contributed by atoms with Crippen molar-refractivity contribution in [2.24, 2.45) is 17.6 Å². The number of carbonyl (C=O) groups excluding carboxylic acids is 3. The van der Waals surface area contributed by atoms with E-state index >= 15 is 0 Å². The van der Waals surface area contributed by atoms with E-state index in [4.69, 9.17) is 15.2 Å². The highest BCUT2D eigenvalue weighted by molar-refractivity contribution is 6.02. The lowest BCUT2D eigenvalue weighted by Crippen LogP contribution is -2.52. The Morgan fingerprint density at radius 2 is 1.73 bits per heavy atom. The number of ether oxygens (including phenoxy) is 2. The lowest BCUT2D eigenvalue weighted by atomic mass is 9.81. The number of pyridine rings is 1. The Balaban J connectivity index is 1.34. The molecule has 0 aliphatic heterocycles. The highest BCUT2D eigenvalue weighted by Gasteiger charge is 2.36. The zero-order valence-corrected chi connectivity index (χ0v) is 30.7. The van der Waals surface area contributed by atoms with Crippen molar-refractivity contribution in [2.45, 2.75) is 70.9 Å². The Morgan fingerprint density at radius 1 is 0.981 bits per heavy atom. The molecule has 1 aliphatic carbocycles. The van der Waals surface area contributed by atoms with Gasteiger partial charge < -0.3 is 35.4 Å². The Morgan fingerprint density at radius 3 is 2.40 bits per heavy atom. The Kier molecular flexibility index (Phi) is 12.4. The van der Waals surface area contributed by atoms with Crippen LogP contribution in [0.1, 0.15) is 58.4 Å². The predicted molar refractivity (Wildman–Crippen MR) is 201 cm³/mol. The summed E-state index contributed by atoms with van der Waals surface area (Å²) in [5, 5.41) is 2.85. The number of fused-ring (bicyclic) bond motifs is 1. The van der Waals surface area contributed by atoms with Gasteiger partial charge in [0.05, 0.1) is 17.6 Å². The first-order chi connectivity index (χ1) is 24.8. The second kappa shape index (κ2) is 16.9. The summed E-state index contributed by atoms with van der Waals surface area (Å²) in [5.41, 5.74) is 9.30. The van der Waals surface area contributed by atoms with Gasteiger partial charge in [-0.15, -0.1) is 0 Å². The van der Waals surface area contributed by atoms with Crippen molar-refractivity contribution >= 4 is 34.6 Å². The molecule has 1 atom stereocenters. The van der Waals surface area contributed by atoms with Crippen LogP contribution in [0.2, 0.25) is 0 Å². The van der Waals surface area contributed by atoms with Crippen LogP contribution in [-0.2, 0) is 20.7 Å². The van der Waals surface area contributed by atoms with E-state index in [1.165, 1.54) is 4.90 Å². The number of anilines is 1. The van der Waals surface area contributed by atoms with Gasteiger partial charge in [0.2, 0.25) is 17.7 Å². The number of rotatable bonds is 14. The van der Waals surface area contributed by atoms with Crippen LogP contribution in [0.5, 0.6) is 5.88 Å². The van der Waals surface area contributed by atoms with Crippen molar-refractivity contribution in [2.75, 3.05) is 38.7 Å². The molecule has 1 saturated carbocycles. The molecule has 0 bridgehead atoms. The van der Waals surface area contributed by atoms with E-state index in [0.29, 0.717) is 48.6 Å². The minimum absolute atomic E-state index is 0.173. The number of hydrogen-bond donors (Lipinski definition) is 4. The molecule has 2 aromatic heterocycles. The number of aromatic nitrogens is 3. The van der Waals surface area contributed by atoms with Crippen molar-refractivity contribution in [3.63, 3.8) is 0 Å². The van der Waals surface area contributed by atoms with Crippen LogP contribution in [-0.4, -0.2) is 83.2 Å². The van der Waals surface area contributed by atoms with Crippen molar-refractivity contribution in [1.82, 2.24) is 25.2 Å². The summed E-state index contributed by atoms with van der Waals surface area (Å²) < 4.78 is 11.2. The van der Waals surface area contributed by atoms with Crippen LogP contribution < -0.4 is 26.4 Å². The first kappa shape index (κ1) is 38.1. The third-order valence-corrected chi connectivity index (χ3v) is 9.21. The summed E-state index contributed by atoms with van der Waals surface area (Å²) in [6.45, 7) is 7.41. The number of aromatic amines is 2. The molecule has 278 valence electrons. The quantitative estimate of drug-likeness (QED) is 0.132. The normalized spacial score (nSPS) is 16.7. The van der Waals surface area contributed by atoms with E-state index in [0.717, 1.165) is 42.5 Å². The minimum atomic E-state index is -1.01. The second-order valence-electron chi connectivity index (χ2n) is 14.8.